The van der Waals surface area contributed by atoms with Gasteiger partial charge in [0.15, 0.2) is 0 Å². The van der Waals surface area contributed by atoms with Gasteiger partial charge in [-0.05, 0) is 39.7 Å². The third-order valence-corrected chi connectivity index (χ3v) is 4.90. The largest absolute Gasteiger partial charge is 0.289 e. The zero-order chi connectivity index (χ0) is 23.2. The maximum Gasteiger partial charge on any atom is 0.202 e. The molecule has 29 heavy (non-hydrogen) atoms. The molecular weight excluding hydrogens is 401 g/mol. The number of carbonyl (C=O) groups is 1. The van der Waals surface area contributed by atoms with Crippen LogP contribution in [-0.4, -0.2) is 18.5 Å². The Morgan fingerprint density at radius 2 is 1.21 bits per heavy atom. The second-order valence-corrected chi connectivity index (χ2v) is 9.33. The number of halogens is 2. The average molecular weight is 436 g/mol. The van der Waals surface area contributed by atoms with Crippen LogP contribution >= 0.6 is 23.2 Å². The van der Waals surface area contributed by atoms with Crippen molar-refractivity contribution in [2.75, 3.05) is 7.05 Å². The summed E-state index contributed by atoms with van der Waals surface area (Å²) in [5.41, 5.74) is 3.39. The SMILES string of the molecule is C=C1C(Cl)=C(C(C)(C)C)C(=O)C(Cl)=C1C(C)(C)C.C=C1C=CC(=NC)C=C1.CC. The van der Waals surface area contributed by atoms with Gasteiger partial charge in [0.1, 0.15) is 0 Å². The van der Waals surface area contributed by atoms with Crippen LogP contribution in [0, 0.1) is 10.8 Å². The highest BCUT2D eigenvalue weighted by Crippen LogP contribution is 2.47. The van der Waals surface area contributed by atoms with Gasteiger partial charge in [-0.2, -0.15) is 0 Å². The standard InChI is InChI=1S/C15H20Cl2O.C8H9N.C2H6/c1-8-9(14(2,3)4)12(17)13(18)10(11(8)16)15(5,6)7;1-7-3-5-8(9-2)6-4-7;1-2/h1H2,2-7H3;3-6H,1H2,2H3;1-2H3. The minimum atomic E-state index is -0.347. The van der Waals surface area contributed by atoms with E-state index in [2.05, 4.69) is 18.2 Å². The zero-order valence-electron chi connectivity index (χ0n) is 19.3. The summed E-state index contributed by atoms with van der Waals surface area (Å²) in [6, 6.07) is 0. The predicted octanol–water partition coefficient (Wildman–Crippen LogP) is 7.97. The number of carbonyl (C=O) groups excluding carboxylic acids is 1. The molecule has 0 unspecified atom stereocenters. The minimum Gasteiger partial charge on any atom is -0.289 e. The number of rotatable bonds is 0. The number of Topliss-reactive ketones (excluding diaryl/α,β-unsaturated/α-hetero) is 1. The van der Waals surface area contributed by atoms with Crippen LogP contribution in [0.1, 0.15) is 55.4 Å². The molecule has 2 nitrogen and oxygen atoms in total. The molecule has 0 aromatic carbocycles. The zero-order valence-corrected chi connectivity index (χ0v) is 20.8. The topological polar surface area (TPSA) is 29.4 Å². The number of nitrogens with zero attached hydrogens (tertiary/aromatic N) is 1. The van der Waals surface area contributed by atoms with Gasteiger partial charge in [-0.25, -0.2) is 0 Å². The molecule has 2 aliphatic carbocycles. The highest BCUT2D eigenvalue weighted by atomic mass is 35.5. The van der Waals surface area contributed by atoms with E-state index in [1.165, 1.54) is 0 Å². The van der Waals surface area contributed by atoms with Crippen LogP contribution in [-0.2, 0) is 4.79 Å². The molecule has 0 atom stereocenters. The Morgan fingerprint density at radius 1 is 0.793 bits per heavy atom. The molecule has 4 heteroatoms. The number of hydrogen-bond donors (Lipinski definition) is 0. The summed E-state index contributed by atoms with van der Waals surface area (Å²) < 4.78 is 0. The van der Waals surface area contributed by atoms with E-state index in [1.807, 2.05) is 79.7 Å². The van der Waals surface area contributed by atoms with E-state index < -0.39 is 0 Å². The number of allylic oxidation sites excluding steroid dienone is 10. The van der Waals surface area contributed by atoms with Crippen molar-refractivity contribution in [1.82, 2.24) is 0 Å². The first-order chi connectivity index (χ1) is 13.2. The summed E-state index contributed by atoms with van der Waals surface area (Å²) >= 11 is 12.6. The number of hydrogen-bond acceptors (Lipinski definition) is 2. The smallest absolute Gasteiger partial charge is 0.202 e. The van der Waals surface area contributed by atoms with E-state index in [-0.39, 0.29) is 21.6 Å². The van der Waals surface area contributed by atoms with Crippen LogP contribution < -0.4 is 0 Å². The monoisotopic (exact) mass is 435 g/mol. The van der Waals surface area contributed by atoms with Gasteiger partial charge in [0, 0.05) is 12.6 Å². The number of ketones is 1. The fraction of sp³-hybridized carbons (Fsp3) is 0.440. The molecule has 0 amide bonds. The maximum atomic E-state index is 12.4. The highest BCUT2D eigenvalue weighted by molar-refractivity contribution is 6.49. The first-order valence-corrected chi connectivity index (χ1v) is 10.5. The molecule has 0 saturated heterocycles. The van der Waals surface area contributed by atoms with Crippen molar-refractivity contribution < 1.29 is 4.79 Å². The van der Waals surface area contributed by atoms with Crippen molar-refractivity contribution in [3.05, 3.63) is 69.8 Å². The van der Waals surface area contributed by atoms with Gasteiger partial charge in [-0.15, -0.1) is 0 Å². The molecule has 0 spiro atoms. The summed E-state index contributed by atoms with van der Waals surface area (Å²) in [6.07, 6.45) is 7.79. The summed E-state index contributed by atoms with van der Waals surface area (Å²) in [5, 5.41) is 0.698. The fourth-order valence-corrected chi connectivity index (χ4v) is 3.77. The van der Waals surface area contributed by atoms with E-state index in [4.69, 9.17) is 23.2 Å². The predicted molar refractivity (Wildman–Crippen MR) is 131 cm³/mol. The Labute approximate surface area is 187 Å². The quantitative estimate of drug-likeness (QED) is 0.379. The summed E-state index contributed by atoms with van der Waals surface area (Å²) in [5.74, 6) is -0.175. The Hall–Kier alpha value is -1.64. The second-order valence-electron chi connectivity index (χ2n) is 8.58. The minimum absolute atomic E-state index is 0.175. The first kappa shape index (κ1) is 27.4. The summed E-state index contributed by atoms with van der Waals surface area (Å²) in [6.45, 7) is 23.6. The third kappa shape index (κ3) is 7.28. The van der Waals surface area contributed by atoms with E-state index in [9.17, 15) is 4.79 Å². The molecule has 2 aliphatic rings. The van der Waals surface area contributed by atoms with Crippen LogP contribution in [0.3, 0.4) is 0 Å². The van der Waals surface area contributed by atoms with Crippen molar-refractivity contribution in [3.8, 4) is 0 Å². The maximum absolute atomic E-state index is 12.4. The third-order valence-electron chi connectivity index (χ3n) is 4.13. The van der Waals surface area contributed by atoms with Crippen LogP contribution in [0.2, 0.25) is 0 Å². The van der Waals surface area contributed by atoms with E-state index in [1.54, 1.807) is 7.05 Å². The lowest BCUT2D eigenvalue weighted by atomic mass is 9.73. The summed E-state index contributed by atoms with van der Waals surface area (Å²) in [7, 11) is 1.78. The van der Waals surface area contributed by atoms with Gasteiger partial charge in [0.2, 0.25) is 5.78 Å². The second kappa shape index (κ2) is 10.9. The average Bonchev–Trinajstić information content (AvgIpc) is 2.61. The molecule has 0 aliphatic heterocycles. The Balaban J connectivity index is 0.000000595. The lowest BCUT2D eigenvalue weighted by Crippen LogP contribution is -2.27. The van der Waals surface area contributed by atoms with Gasteiger partial charge < -0.3 is 0 Å². The Morgan fingerprint density at radius 3 is 1.55 bits per heavy atom. The molecule has 0 aromatic heterocycles. The van der Waals surface area contributed by atoms with Crippen LogP contribution in [0.5, 0.6) is 0 Å². The lowest BCUT2D eigenvalue weighted by molar-refractivity contribution is -0.112. The summed E-state index contributed by atoms with van der Waals surface area (Å²) in [4.78, 5) is 16.4. The van der Waals surface area contributed by atoms with Crippen molar-refractivity contribution in [3.63, 3.8) is 0 Å². The van der Waals surface area contributed by atoms with Gasteiger partial charge in [0.25, 0.3) is 0 Å². The molecule has 2 rings (SSSR count). The Kier molecular flexibility index (Phi) is 10.3. The molecule has 160 valence electrons. The molecule has 0 fully saturated rings. The molecule has 0 aromatic rings. The fourth-order valence-electron chi connectivity index (χ4n) is 2.81. The molecule has 0 radical (unpaired) electrons. The molecule has 0 N–H and O–H groups in total. The van der Waals surface area contributed by atoms with E-state index >= 15 is 0 Å². The van der Waals surface area contributed by atoms with E-state index in [0.29, 0.717) is 16.2 Å². The van der Waals surface area contributed by atoms with Gasteiger partial charge >= 0.3 is 0 Å². The van der Waals surface area contributed by atoms with Crippen LogP contribution in [0.25, 0.3) is 0 Å². The Bertz CT molecular complexity index is 756. The normalized spacial score (nSPS) is 17.1. The van der Waals surface area contributed by atoms with E-state index in [0.717, 1.165) is 16.9 Å². The van der Waals surface area contributed by atoms with Crippen molar-refractivity contribution >= 4 is 34.7 Å². The first-order valence-electron chi connectivity index (χ1n) is 9.78. The molecule has 0 heterocycles. The van der Waals surface area contributed by atoms with Gasteiger partial charge in [-0.1, -0.05) is 104 Å². The molecule has 0 bridgehead atoms. The van der Waals surface area contributed by atoms with Gasteiger partial charge in [0.05, 0.1) is 15.8 Å². The highest BCUT2D eigenvalue weighted by Gasteiger charge is 2.38. The van der Waals surface area contributed by atoms with Gasteiger partial charge in [-0.3, -0.25) is 9.79 Å². The lowest BCUT2D eigenvalue weighted by Gasteiger charge is -2.33. The molecular formula is C25H35Cl2NO. The van der Waals surface area contributed by atoms with Crippen molar-refractivity contribution in [2.24, 2.45) is 15.8 Å². The van der Waals surface area contributed by atoms with Crippen LogP contribution in [0.4, 0.5) is 0 Å². The van der Waals surface area contributed by atoms with Crippen molar-refractivity contribution in [1.29, 1.82) is 0 Å². The molecule has 0 saturated carbocycles. The van der Waals surface area contributed by atoms with Crippen LogP contribution in [0.15, 0.2) is 74.8 Å². The number of aliphatic imine (C=N–C) groups is 1. The van der Waals surface area contributed by atoms with Crippen molar-refractivity contribution in [2.45, 2.75) is 55.4 Å².